The first-order valence-electron chi connectivity index (χ1n) is 7.66. The third-order valence-electron chi connectivity index (χ3n) is 4.59. The molecule has 0 aromatic carbocycles. The lowest BCUT2D eigenvalue weighted by Crippen LogP contribution is -2.47. The van der Waals surface area contributed by atoms with Crippen LogP contribution in [-0.4, -0.2) is 35.3 Å². The lowest BCUT2D eigenvalue weighted by Gasteiger charge is -2.33. The Labute approximate surface area is 114 Å². The summed E-state index contributed by atoms with van der Waals surface area (Å²) in [6, 6.07) is 1.40. The fourth-order valence-electron chi connectivity index (χ4n) is 3.64. The van der Waals surface area contributed by atoms with Gasteiger partial charge in [-0.2, -0.15) is 4.98 Å². The molecular weight excluding hydrogens is 240 g/mol. The summed E-state index contributed by atoms with van der Waals surface area (Å²) in [4.78, 5) is 4.06. The van der Waals surface area contributed by atoms with Gasteiger partial charge in [0, 0.05) is 25.0 Å². The summed E-state index contributed by atoms with van der Waals surface area (Å²) >= 11 is 0. The molecule has 19 heavy (non-hydrogen) atoms. The van der Waals surface area contributed by atoms with Crippen molar-refractivity contribution in [1.82, 2.24) is 20.8 Å². The Kier molecular flexibility index (Phi) is 4.45. The van der Waals surface area contributed by atoms with Crippen LogP contribution in [0.5, 0.6) is 0 Å². The third kappa shape index (κ3) is 3.34. The van der Waals surface area contributed by atoms with Crippen molar-refractivity contribution in [2.24, 2.45) is 5.92 Å². The van der Waals surface area contributed by atoms with Crippen LogP contribution in [0.25, 0.3) is 0 Å². The van der Waals surface area contributed by atoms with E-state index < -0.39 is 0 Å². The Morgan fingerprint density at radius 1 is 1.26 bits per heavy atom. The maximum Gasteiger partial charge on any atom is 0.227 e. The zero-order valence-electron chi connectivity index (χ0n) is 11.5. The van der Waals surface area contributed by atoms with Crippen molar-refractivity contribution in [3.05, 3.63) is 12.2 Å². The lowest BCUT2D eigenvalue weighted by atomic mass is 9.88. The molecule has 1 aromatic heterocycles. The molecule has 0 radical (unpaired) electrons. The number of hydrogen-bond donors (Lipinski definition) is 2. The van der Waals surface area contributed by atoms with Gasteiger partial charge in [0.2, 0.25) is 5.89 Å². The van der Waals surface area contributed by atoms with Gasteiger partial charge in [-0.25, -0.2) is 0 Å². The predicted octanol–water partition coefficient (Wildman–Crippen LogP) is 1.51. The van der Waals surface area contributed by atoms with Crippen LogP contribution in [-0.2, 0) is 6.42 Å². The van der Waals surface area contributed by atoms with Crippen molar-refractivity contribution in [3.63, 3.8) is 0 Å². The Morgan fingerprint density at radius 3 is 3.05 bits per heavy atom. The second-order valence-electron chi connectivity index (χ2n) is 5.80. The maximum atomic E-state index is 5.03. The highest BCUT2D eigenvalue weighted by molar-refractivity contribution is 4.92. The van der Waals surface area contributed by atoms with Crippen LogP contribution in [0.2, 0.25) is 0 Å². The van der Waals surface area contributed by atoms with Gasteiger partial charge >= 0.3 is 0 Å². The van der Waals surface area contributed by atoms with Gasteiger partial charge in [0.25, 0.3) is 0 Å². The van der Waals surface area contributed by atoms with Crippen molar-refractivity contribution >= 4 is 0 Å². The van der Waals surface area contributed by atoms with E-state index in [9.17, 15) is 0 Å². The molecule has 3 rings (SSSR count). The molecule has 5 nitrogen and oxygen atoms in total. The van der Waals surface area contributed by atoms with Gasteiger partial charge in [-0.05, 0) is 38.1 Å². The summed E-state index contributed by atoms with van der Waals surface area (Å²) < 4.78 is 5.03. The summed E-state index contributed by atoms with van der Waals surface area (Å²) in [7, 11) is 0. The largest absolute Gasteiger partial charge is 0.340 e. The minimum absolute atomic E-state index is 0.665. The highest BCUT2D eigenvalue weighted by atomic mass is 16.5. The van der Waals surface area contributed by atoms with Crippen molar-refractivity contribution in [2.45, 2.75) is 57.0 Å². The highest BCUT2D eigenvalue weighted by Gasteiger charge is 2.33. The van der Waals surface area contributed by atoms with E-state index in [0.717, 1.165) is 30.8 Å². The molecule has 2 heterocycles. The molecule has 0 amide bonds. The molecule has 1 saturated carbocycles. The van der Waals surface area contributed by atoms with Gasteiger partial charge in [0.05, 0.1) is 0 Å². The van der Waals surface area contributed by atoms with Crippen LogP contribution < -0.4 is 10.6 Å². The molecule has 106 valence electrons. The smallest absolute Gasteiger partial charge is 0.227 e. The minimum Gasteiger partial charge on any atom is -0.340 e. The van der Waals surface area contributed by atoms with Crippen LogP contribution in [0.3, 0.4) is 0 Å². The second-order valence-corrected chi connectivity index (χ2v) is 5.80. The fraction of sp³-hybridized carbons (Fsp3) is 0.857. The molecule has 0 bridgehead atoms. The first-order valence-corrected chi connectivity index (χ1v) is 7.66. The molecule has 5 heteroatoms. The molecule has 2 N–H and O–H groups in total. The summed E-state index contributed by atoms with van der Waals surface area (Å²) in [6.45, 7) is 2.14. The molecule has 3 atom stereocenters. The van der Waals surface area contributed by atoms with Gasteiger partial charge < -0.3 is 15.2 Å². The van der Waals surface area contributed by atoms with E-state index in [0.29, 0.717) is 6.04 Å². The van der Waals surface area contributed by atoms with Crippen molar-refractivity contribution in [1.29, 1.82) is 0 Å². The maximum absolute atomic E-state index is 5.03. The van der Waals surface area contributed by atoms with E-state index in [1.807, 2.05) is 0 Å². The van der Waals surface area contributed by atoms with Crippen molar-refractivity contribution < 1.29 is 4.52 Å². The third-order valence-corrected chi connectivity index (χ3v) is 4.59. The number of rotatable bonds is 5. The van der Waals surface area contributed by atoms with E-state index in [-0.39, 0.29) is 0 Å². The summed E-state index contributed by atoms with van der Waals surface area (Å²) in [5.74, 6) is 1.54. The highest BCUT2D eigenvalue weighted by Crippen LogP contribution is 2.31. The van der Waals surface area contributed by atoms with Crippen LogP contribution in [0, 0.1) is 5.92 Å². The second kappa shape index (κ2) is 6.48. The standard InChI is InChI=1S/C14H24N4O/c1-2-8-15-12(5-1)11-4-3-6-13(11)16-9-7-14-17-10-18-19-14/h10-13,15-16H,1-9H2. The zero-order chi connectivity index (χ0) is 12.9. The van der Waals surface area contributed by atoms with Gasteiger partial charge in [-0.1, -0.05) is 18.0 Å². The average Bonchev–Trinajstić information content (AvgIpc) is 3.11. The van der Waals surface area contributed by atoms with Crippen molar-refractivity contribution in [3.8, 4) is 0 Å². The average molecular weight is 264 g/mol. The molecule has 3 unspecified atom stereocenters. The first kappa shape index (κ1) is 13.1. The van der Waals surface area contributed by atoms with Crippen molar-refractivity contribution in [2.75, 3.05) is 13.1 Å². The van der Waals surface area contributed by atoms with Crippen LogP contribution in [0.15, 0.2) is 10.9 Å². The summed E-state index contributed by atoms with van der Waals surface area (Å²) in [6.07, 6.45) is 10.4. The number of nitrogens with one attached hydrogen (secondary N) is 2. The number of hydrogen-bond acceptors (Lipinski definition) is 5. The number of nitrogens with zero attached hydrogens (tertiary/aromatic N) is 2. The van der Waals surface area contributed by atoms with E-state index in [4.69, 9.17) is 4.52 Å². The Balaban J connectivity index is 1.46. The quantitative estimate of drug-likeness (QED) is 0.844. The molecule has 2 fully saturated rings. The topological polar surface area (TPSA) is 63.0 Å². The first-order chi connectivity index (χ1) is 9.43. The van der Waals surface area contributed by atoms with Crippen LogP contribution in [0.1, 0.15) is 44.4 Å². The predicted molar refractivity (Wildman–Crippen MR) is 72.8 cm³/mol. The molecule has 1 saturated heterocycles. The lowest BCUT2D eigenvalue weighted by molar-refractivity contribution is 0.256. The van der Waals surface area contributed by atoms with E-state index in [1.54, 1.807) is 0 Å². The number of aromatic nitrogens is 2. The van der Waals surface area contributed by atoms with E-state index in [1.165, 1.54) is 51.4 Å². The molecule has 2 aliphatic rings. The van der Waals surface area contributed by atoms with Gasteiger partial charge in [-0.15, -0.1) is 0 Å². The molecular formula is C14H24N4O. The summed E-state index contributed by atoms with van der Waals surface area (Å²) in [5.41, 5.74) is 0. The number of piperidine rings is 1. The zero-order valence-corrected chi connectivity index (χ0v) is 11.5. The van der Waals surface area contributed by atoms with Crippen LogP contribution in [0.4, 0.5) is 0 Å². The Morgan fingerprint density at radius 2 is 2.26 bits per heavy atom. The minimum atomic E-state index is 0.665. The molecule has 0 spiro atoms. The van der Waals surface area contributed by atoms with E-state index >= 15 is 0 Å². The van der Waals surface area contributed by atoms with Gasteiger partial charge in [0.15, 0.2) is 6.33 Å². The molecule has 1 aliphatic carbocycles. The fourth-order valence-corrected chi connectivity index (χ4v) is 3.64. The van der Waals surface area contributed by atoms with Crippen LogP contribution >= 0.6 is 0 Å². The Bertz CT molecular complexity index is 362. The summed E-state index contributed by atoms with van der Waals surface area (Å²) in [5, 5.41) is 11.1. The Hall–Kier alpha value is -0.940. The molecule has 1 aromatic rings. The normalized spacial score (nSPS) is 31.7. The van der Waals surface area contributed by atoms with Gasteiger partial charge in [0.1, 0.15) is 0 Å². The van der Waals surface area contributed by atoms with Gasteiger partial charge in [-0.3, -0.25) is 0 Å². The van der Waals surface area contributed by atoms with E-state index in [2.05, 4.69) is 20.8 Å². The monoisotopic (exact) mass is 264 g/mol. The molecule has 1 aliphatic heterocycles. The SMILES string of the molecule is c1noc(CCNC2CCCC2C2CCCCN2)n1.